The van der Waals surface area contributed by atoms with Crippen LogP contribution >= 0.6 is 0 Å². The molecule has 1 aliphatic heterocycles. The molecule has 6 nitrogen and oxygen atoms in total. The van der Waals surface area contributed by atoms with Crippen molar-refractivity contribution in [2.75, 3.05) is 20.2 Å². The third-order valence-electron chi connectivity index (χ3n) is 4.64. The molecule has 1 heterocycles. The standard InChI is InChI=1S/C20H21NO5/c1-25-18-10-6-5-9-15(18)16-11-21(12-17(16)19(22)23)20(24)26-13-14-7-3-2-4-8-14/h2-10,16-17H,11-13H2,1H3,(H,22,23)/t16-,17+/m1/s1. The van der Waals surface area contributed by atoms with Gasteiger partial charge in [-0.25, -0.2) is 4.79 Å². The number of methoxy groups -OCH3 is 1. The topological polar surface area (TPSA) is 76.1 Å². The summed E-state index contributed by atoms with van der Waals surface area (Å²) in [7, 11) is 1.55. The van der Waals surface area contributed by atoms with Gasteiger partial charge in [0.25, 0.3) is 0 Å². The van der Waals surface area contributed by atoms with Gasteiger partial charge in [0.1, 0.15) is 12.4 Å². The number of aliphatic carboxylic acids is 1. The van der Waals surface area contributed by atoms with Crippen LogP contribution in [0.15, 0.2) is 54.6 Å². The summed E-state index contributed by atoms with van der Waals surface area (Å²) >= 11 is 0. The molecule has 136 valence electrons. The highest BCUT2D eigenvalue weighted by Gasteiger charge is 2.42. The summed E-state index contributed by atoms with van der Waals surface area (Å²) in [5, 5.41) is 9.60. The van der Waals surface area contributed by atoms with Crippen molar-refractivity contribution < 1.29 is 24.2 Å². The number of hydrogen-bond acceptors (Lipinski definition) is 4. The van der Waals surface area contributed by atoms with E-state index in [0.29, 0.717) is 5.75 Å². The van der Waals surface area contributed by atoms with Crippen molar-refractivity contribution in [1.82, 2.24) is 4.90 Å². The highest BCUT2D eigenvalue weighted by Crippen LogP contribution is 2.37. The van der Waals surface area contributed by atoms with Crippen LogP contribution in [0.25, 0.3) is 0 Å². The number of carbonyl (C=O) groups is 2. The Morgan fingerprint density at radius 2 is 1.77 bits per heavy atom. The summed E-state index contributed by atoms with van der Waals surface area (Å²) in [6.07, 6.45) is -0.502. The lowest BCUT2D eigenvalue weighted by Gasteiger charge is -2.18. The molecule has 2 atom stereocenters. The van der Waals surface area contributed by atoms with Crippen LogP contribution in [0.5, 0.6) is 5.75 Å². The molecule has 0 aliphatic carbocycles. The van der Waals surface area contributed by atoms with E-state index < -0.39 is 18.0 Å². The van der Waals surface area contributed by atoms with E-state index >= 15 is 0 Å². The number of benzene rings is 2. The molecule has 0 radical (unpaired) electrons. The number of nitrogens with zero attached hydrogens (tertiary/aromatic N) is 1. The van der Waals surface area contributed by atoms with E-state index in [9.17, 15) is 14.7 Å². The number of hydrogen-bond donors (Lipinski definition) is 1. The highest BCUT2D eigenvalue weighted by atomic mass is 16.6. The van der Waals surface area contributed by atoms with Crippen LogP contribution in [0.1, 0.15) is 17.0 Å². The SMILES string of the molecule is COc1ccccc1[C@H]1CN(C(=O)OCc2ccccc2)C[C@@H]1C(=O)O. The van der Waals surface area contributed by atoms with Gasteiger partial charge in [0.2, 0.25) is 0 Å². The Kier molecular flexibility index (Phi) is 5.41. The van der Waals surface area contributed by atoms with Gasteiger partial charge in [-0.1, -0.05) is 48.5 Å². The van der Waals surface area contributed by atoms with Gasteiger partial charge >= 0.3 is 12.1 Å². The van der Waals surface area contributed by atoms with Crippen LogP contribution < -0.4 is 4.74 Å². The number of ether oxygens (including phenoxy) is 2. The highest BCUT2D eigenvalue weighted by molar-refractivity contribution is 5.76. The molecule has 1 saturated heterocycles. The fraction of sp³-hybridized carbons (Fsp3) is 0.300. The lowest BCUT2D eigenvalue weighted by Crippen LogP contribution is -2.30. The van der Waals surface area contributed by atoms with Gasteiger partial charge in [-0.2, -0.15) is 0 Å². The van der Waals surface area contributed by atoms with Gasteiger partial charge in [-0.05, 0) is 17.2 Å². The molecule has 3 rings (SSSR count). The van der Waals surface area contributed by atoms with E-state index in [1.807, 2.05) is 48.5 Å². The summed E-state index contributed by atoms with van der Waals surface area (Å²) < 4.78 is 10.7. The molecule has 1 N–H and O–H groups in total. The molecular formula is C20H21NO5. The Morgan fingerprint density at radius 1 is 1.08 bits per heavy atom. The van der Waals surface area contributed by atoms with Crippen LogP contribution in [-0.2, 0) is 16.1 Å². The lowest BCUT2D eigenvalue weighted by molar-refractivity contribution is -0.141. The second kappa shape index (κ2) is 7.91. The Labute approximate surface area is 152 Å². The Bertz CT molecular complexity index is 777. The molecule has 0 spiro atoms. The van der Waals surface area contributed by atoms with E-state index in [-0.39, 0.29) is 25.6 Å². The van der Waals surface area contributed by atoms with Crippen molar-refractivity contribution in [3.63, 3.8) is 0 Å². The molecule has 2 aromatic carbocycles. The minimum Gasteiger partial charge on any atom is -0.496 e. The van der Waals surface area contributed by atoms with E-state index in [0.717, 1.165) is 11.1 Å². The first-order valence-corrected chi connectivity index (χ1v) is 8.41. The van der Waals surface area contributed by atoms with Crippen LogP contribution in [0.4, 0.5) is 4.79 Å². The monoisotopic (exact) mass is 355 g/mol. The largest absolute Gasteiger partial charge is 0.496 e. The van der Waals surface area contributed by atoms with Crippen molar-refractivity contribution in [3.05, 3.63) is 65.7 Å². The quantitative estimate of drug-likeness (QED) is 0.892. The predicted molar refractivity (Wildman–Crippen MR) is 95.1 cm³/mol. The van der Waals surface area contributed by atoms with Crippen LogP contribution in [0, 0.1) is 5.92 Å². The van der Waals surface area contributed by atoms with Crippen LogP contribution in [0.3, 0.4) is 0 Å². The summed E-state index contributed by atoms with van der Waals surface area (Å²) in [6, 6.07) is 16.7. The third-order valence-corrected chi connectivity index (χ3v) is 4.64. The molecule has 0 unspecified atom stereocenters. The number of para-hydroxylation sites is 1. The molecule has 1 fully saturated rings. The first kappa shape index (κ1) is 17.8. The molecule has 0 bridgehead atoms. The fourth-order valence-electron chi connectivity index (χ4n) is 3.30. The van der Waals surface area contributed by atoms with Crippen molar-refractivity contribution >= 4 is 12.1 Å². The molecule has 1 amide bonds. The summed E-state index contributed by atoms with van der Waals surface area (Å²) in [5.74, 6) is -1.34. The predicted octanol–water partition coefficient (Wildman–Crippen LogP) is 3.13. The number of likely N-dealkylation sites (tertiary alicyclic amines) is 1. The van der Waals surface area contributed by atoms with Gasteiger partial charge in [-0.15, -0.1) is 0 Å². The zero-order valence-electron chi connectivity index (χ0n) is 14.5. The van der Waals surface area contributed by atoms with Crippen molar-refractivity contribution in [1.29, 1.82) is 0 Å². The Hall–Kier alpha value is -3.02. The van der Waals surface area contributed by atoms with Crippen LogP contribution in [-0.4, -0.2) is 42.3 Å². The maximum Gasteiger partial charge on any atom is 0.410 e. The molecule has 0 aromatic heterocycles. The molecule has 26 heavy (non-hydrogen) atoms. The van der Waals surface area contributed by atoms with E-state index in [1.165, 1.54) is 4.90 Å². The lowest BCUT2D eigenvalue weighted by atomic mass is 9.88. The average Bonchev–Trinajstić information content (AvgIpc) is 3.12. The first-order chi connectivity index (χ1) is 12.6. The normalized spacial score (nSPS) is 19.2. The minimum atomic E-state index is -0.931. The number of rotatable bonds is 5. The molecule has 1 aliphatic rings. The van der Waals surface area contributed by atoms with Crippen molar-refractivity contribution in [2.45, 2.75) is 12.5 Å². The number of carboxylic acid groups (broad SMARTS) is 1. The van der Waals surface area contributed by atoms with Crippen molar-refractivity contribution in [2.24, 2.45) is 5.92 Å². The number of amides is 1. The smallest absolute Gasteiger partial charge is 0.410 e. The zero-order chi connectivity index (χ0) is 18.5. The first-order valence-electron chi connectivity index (χ1n) is 8.41. The minimum absolute atomic E-state index is 0.117. The zero-order valence-corrected chi connectivity index (χ0v) is 14.5. The van der Waals surface area contributed by atoms with Gasteiger partial charge in [0.05, 0.1) is 13.0 Å². The maximum atomic E-state index is 12.4. The van der Waals surface area contributed by atoms with Crippen molar-refractivity contribution in [3.8, 4) is 5.75 Å². The summed E-state index contributed by atoms with van der Waals surface area (Å²) in [6.45, 7) is 0.559. The Balaban J connectivity index is 1.72. The molecule has 0 saturated carbocycles. The Morgan fingerprint density at radius 3 is 2.46 bits per heavy atom. The van der Waals surface area contributed by atoms with E-state index in [2.05, 4.69) is 0 Å². The van der Waals surface area contributed by atoms with E-state index in [4.69, 9.17) is 9.47 Å². The molecule has 2 aromatic rings. The van der Waals surface area contributed by atoms with Gasteiger partial charge < -0.3 is 19.5 Å². The fourth-order valence-corrected chi connectivity index (χ4v) is 3.30. The van der Waals surface area contributed by atoms with Gasteiger partial charge in [0, 0.05) is 19.0 Å². The second-order valence-corrected chi connectivity index (χ2v) is 6.24. The summed E-state index contributed by atoms with van der Waals surface area (Å²) in [4.78, 5) is 25.6. The number of carbonyl (C=O) groups excluding carboxylic acids is 1. The average molecular weight is 355 g/mol. The van der Waals surface area contributed by atoms with E-state index in [1.54, 1.807) is 13.2 Å². The van der Waals surface area contributed by atoms with Gasteiger partial charge in [-0.3, -0.25) is 4.79 Å². The summed E-state index contributed by atoms with van der Waals surface area (Å²) in [5.41, 5.74) is 1.68. The number of carboxylic acids is 1. The third kappa shape index (κ3) is 3.79. The van der Waals surface area contributed by atoms with Gasteiger partial charge in [0.15, 0.2) is 0 Å². The van der Waals surface area contributed by atoms with Crippen LogP contribution in [0.2, 0.25) is 0 Å². The maximum absolute atomic E-state index is 12.4. The molecule has 6 heteroatoms. The molecular weight excluding hydrogens is 334 g/mol. The second-order valence-electron chi connectivity index (χ2n) is 6.24.